The molecule has 0 bridgehead atoms. The lowest BCUT2D eigenvalue weighted by Crippen LogP contribution is -2.22. The molecule has 100 valence electrons. The van der Waals surface area contributed by atoms with Crippen LogP contribution in [0.4, 0.5) is 5.69 Å². The van der Waals surface area contributed by atoms with Gasteiger partial charge in [0.05, 0.1) is 24.3 Å². The third kappa shape index (κ3) is 4.77. The Morgan fingerprint density at radius 1 is 1.47 bits per heavy atom. The smallest absolute Gasteiger partial charge is 0.332 e. The summed E-state index contributed by atoms with van der Waals surface area (Å²) in [6.07, 6.45) is -0.920. The number of rotatable bonds is 6. The van der Waals surface area contributed by atoms with Crippen molar-refractivity contribution in [1.82, 2.24) is 0 Å². The molecule has 0 fully saturated rings. The lowest BCUT2D eigenvalue weighted by atomic mass is 10.2. The molecule has 0 saturated heterocycles. The number of nitrogens with one attached hydrogen (secondary N) is 1. The lowest BCUT2D eigenvalue weighted by molar-refractivity contribution is -0.149. The molecule has 1 rings (SSSR count). The van der Waals surface area contributed by atoms with Crippen molar-refractivity contribution in [3.8, 4) is 6.07 Å². The highest BCUT2D eigenvalue weighted by atomic mass is 16.5. The van der Waals surface area contributed by atoms with Crippen LogP contribution in [0.5, 0.6) is 0 Å². The molecular weight excluding hydrogens is 248 g/mol. The number of carbonyl (C=O) groups is 2. The largest absolute Gasteiger partial charge is 0.479 e. The van der Waals surface area contributed by atoms with E-state index in [0.29, 0.717) is 11.3 Å². The van der Waals surface area contributed by atoms with Gasteiger partial charge in [0.2, 0.25) is 5.91 Å². The number of hydrogen-bond acceptors (Lipinski definition) is 4. The zero-order valence-corrected chi connectivity index (χ0v) is 10.4. The summed E-state index contributed by atoms with van der Waals surface area (Å²) in [6, 6.07) is 8.59. The highest BCUT2D eigenvalue weighted by molar-refractivity contribution is 5.92. The highest BCUT2D eigenvalue weighted by Gasteiger charge is 2.12. The summed E-state index contributed by atoms with van der Waals surface area (Å²) < 4.78 is 4.94. The summed E-state index contributed by atoms with van der Waals surface area (Å²) in [5.41, 5.74) is 0.803. The van der Waals surface area contributed by atoms with Crippen molar-refractivity contribution in [2.75, 3.05) is 11.9 Å². The molecule has 2 N–H and O–H groups in total. The maximum atomic E-state index is 11.6. The van der Waals surface area contributed by atoms with Crippen molar-refractivity contribution in [2.24, 2.45) is 0 Å². The van der Waals surface area contributed by atoms with Gasteiger partial charge in [-0.1, -0.05) is 12.1 Å². The molecule has 0 heterocycles. The van der Waals surface area contributed by atoms with Crippen LogP contribution in [0.2, 0.25) is 0 Å². The normalized spacial score (nSPS) is 11.4. The first-order valence-corrected chi connectivity index (χ1v) is 5.68. The molecule has 0 spiro atoms. The van der Waals surface area contributed by atoms with Gasteiger partial charge in [-0.3, -0.25) is 4.79 Å². The van der Waals surface area contributed by atoms with Crippen molar-refractivity contribution < 1.29 is 19.4 Å². The van der Waals surface area contributed by atoms with E-state index >= 15 is 0 Å². The van der Waals surface area contributed by atoms with Crippen LogP contribution in [0.15, 0.2) is 24.3 Å². The zero-order valence-electron chi connectivity index (χ0n) is 10.4. The maximum absolute atomic E-state index is 11.6. The van der Waals surface area contributed by atoms with E-state index in [9.17, 15) is 9.59 Å². The SMILES string of the molecule is C[C@H](OCCC(=O)Nc1ccccc1C#N)C(=O)O. The predicted molar refractivity (Wildman–Crippen MR) is 67.5 cm³/mol. The molecule has 1 aromatic carbocycles. The summed E-state index contributed by atoms with van der Waals surface area (Å²) in [6.45, 7) is 1.40. The van der Waals surface area contributed by atoms with Crippen LogP contribution < -0.4 is 5.32 Å². The minimum Gasteiger partial charge on any atom is -0.479 e. The number of amides is 1. The van der Waals surface area contributed by atoms with Gasteiger partial charge in [-0.15, -0.1) is 0 Å². The van der Waals surface area contributed by atoms with E-state index in [4.69, 9.17) is 15.1 Å². The van der Waals surface area contributed by atoms with E-state index in [1.165, 1.54) is 6.92 Å². The van der Waals surface area contributed by atoms with Gasteiger partial charge in [-0.25, -0.2) is 4.79 Å². The highest BCUT2D eigenvalue weighted by Crippen LogP contribution is 2.13. The zero-order chi connectivity index (χ0) is 14.3. The van der Waals surface area contributed by atoms with Crippen LogP contribution in [0.25, 0.3) is 0 Å². The van der Waals surface area contributed by atoms with Gasteiger partial charge in [0, 0.05) is 0 Å². The van der Waals surface area contributed by atoms with Gasteiger partial charge < -0.3 is 15.2 Å². The number of para-hydroxylation sites is 1. The molecule has 6 heteroatoms. The van der Waals surface area contributed by atoms with Crippen LogP contribution >= 0.6 is 0 Å². The minimum atomic E-state index is -1.07. The van der Waals surface area contributed by atoms with E-state index in [0.717, 1.165) is 0 Å². The van der Waals surface area contributed by atoms with Gasteiger partial charge in [0.25, 0.3) is 0 Å². The second kappa shape index (κ2) is 7.13. The van der Waals surface area contributed by atoms with Crippen molar-refractivity contribution in [3.63, 3.8) is 0 Å². The summed E-state index contributed by atoms with van der Waals surface area (Å²) in [7, 11) is 0. The van der Waals surface area contributed by atoms with Crippen molar-refractivity contribution in [2.45, 2.75) is 19.4 Å². The third-order valence-electron chi connectivity index (χ3n) is 2.37. The molecule has 19 heavy (non-hydrogen) atoms. The van der Waals surface area contributed by atoms with Gasteiger partial charge in [-0.05, 0) is 19.1 Å². The standard InChI is InChI=1S/C13H14N2O4/c1-9(13(17)18)19-7-6-12(16)15-11-5-3-2-4-10(11)8-14/h2-5,9H,6-7H2,1H3,(H,15,16)(H,17,18)/t9-/m0/s1. The number of anilines is 1. The molecule has 6 nitrogen and oxygen atoms in total. The molecule has 0 unspecified atom stereocenters. The first kappa shape index (κ1) is 14.7. The Hall–Kier alpha value is -2.39. The monoisotopic (exact) mass is 262 g/mol. The molecule has 1 amide bonds. The minimum absolute atomic E-state index is 0.00796. The first-order valence-electron chi connectivity index (χ1n) is 5.68. The molecule has 0 aliphatic heterocycles. The second-order valence-electron chi connectivity index (χ2n) is 3.81. The third-order valence-corrected chi connectivity index (χ3v) is 2.37. The second-order valence-corrected chi connectivity index (χ2v) is 3.81. The average Bonchev–Trinajstić information content (AvgIpc) is 2.39. The Morgan fingerprint density at radius 2 is 2.16 bits per heavy atom. The molecule has 0 saturated carbocycles. The van der Waals surface area contributed by atoms with Crippen LogP contribution in [-0.4, -0.2) is 29.7 Å². The van der Waals surface area contributed by atoms with Crippen molar-refractivity contribution >= 4 is 17.6 Å². The van der Waals surface area contributed by atoms with Gasteiger partial charge in [0.1, 0.15) is 6.07 Å². The number of carboxylic acids is 1. The molecular formula is C13H14N2O4. The topological polar surface area (TPSA) is 99.4 Å². The number of nitriles is 1. The van der Waals surface area contributed by atoms with Crippen LogP contribution in [0, 0.1) is 11.3 Å². The van der Waals surface area contributed by atoms with E-state index < -0.39 is 12.1 Å². The summed E-state index contributed by atoms with van der Waals surface area (Å²) >= 11 is 0. The summed E-state index contributed by atoms with van der Waals surface area (Å²) in [4.78, 5) is 22.1. The van der Waals surface area contributed by atoms with E-state index in [1.54, 1.807) is 24.3 Å². The molecule has 0 aliphatic carbocycles. The Bertz CT molecular complexity index is 508. The number of carbonyl (C=O) groups excluding carboxylic acids is 1. The molecule has 1 atom stereocenters. The van der Waals surface area contributed by atoms with Crippen molar-refractivity contribution in [3.05, 3.63) is 29.8 Å². The number of benzene rings is 1. The van der Waals surface area contributed by atoms with Gasteiger partial charge >= 0.3 is 5.97 Å². The molecule has 0 radical (unpaired) electrons. The first-order chi connectivity index (χ1) is 9.04. The summed E-state index contributed by atoms with van der Waals surface area (Å²) in [5.74, 6) is -1.41. The Balaban J connectivity index is 2.44. The quantitative estimate of drug-likeness (QED) is 0.806. The van der Waals surface area contributed by atoms with Crippen LogP contribution in [-0.2, 0) is 14.3 Å². The number of ether oxygens (including phenoxy) is 1. The molecule has 0 aliphatic rings. The van der Waals surface area contributed by atoms with Gasteiger partial charge in [0.15, 0.2) is 6.10 Å². The molecule has 1 aromatic rings. The summed E-state index contributed by atoms with van der Waals surface area (Å²) in [5, 5.41) is 20.0. The maximum Gasteiger partial charge on any atom is 0.332 e. The number of aliphatic carboxylic acids is 1. The van der Waals surface area contributed by atoms with Crippen LogP contribution in [0.1, 0.15) is 18.9 Å². The van der Waals surface area contributed by atoms with Crippen molar-refractivity contribution in [1.29, 1.82) is 5.26 Å². The average molecular weight is 262 g/mol. The number of hydrogen-bond donors (Lipinski definition) is 2. The number of nitrogens with zero attached hydrogens (tertiary/aromatic N) is 1. The lowest BCUT2D eigenvalue weighted by Gasteiger charge is -2.09. The Labute approximate surface area is 110 Å². The Morgan fingerprint density at radius 3 is 2.79 bits per heavy atom. The fraction of sp³-hybridized carbons (Fsp3) is 0.308. The van der Waals surface area contributed by atoms with Crippen LogP contribution in [0.3, 0.4) is 0 Å². The Kier molecular flexibility index (Phi) is 5.51. The van der Waals surface area contributed by atoms with E-state index in [1.807, 2.05) is 6.07 Å². The van der Waals surface area contributed by atoms with Gasteiger partial charge in [-0.2, -0.15) is 5.26 Å². The van der Waals surface area contributed by atoms with E-state index in [2.05, 4.69) is 5.32 Å². The predicted octanol–water partition coefficient (Wildman–Crippen LogP) is 1.38. The van der Waals surface area contributed by atoms with E-state index in [-0.39, 0.29) is 18.9 Å². The fourth-order valence-corrected chi connectivity index (χ4v) is 1.30. The molecule has 0 aromatic heterocycles. The number of carboxylic acid groups (broad SMARTS) is 1. The fourth-order valence-electron chi connectivity index (χ4n) is 1.30.